The van der Waals surface area contributed by atoms with Crippen LogP contribution in [0.5, 0.6) is 0 Å². The van der Waals surface area contributed by atoms with Crippen LogP contribution in [0.2, 0.25) is 0 Å². The SMILES string of the molecule is N[C@]1(CO)CC[C@H](c2ccc3c(c2)CCC(OCc2ccccc2)C3)C1. The molecule has 26 heavy (non-hydrogen) atoms. The zero-order valence-electron chi connectivity index (χ0n) is 15.4. The summed E-state index contributed by atoms with van der Waals surface area (Å²) in [6.07, 6.45) is 6.38. The molecule has 0 radical (unpaired) electrons. The van der Waals surface area contributed by atoms with Gasteiger partial charge >= 0.3 is 0 Å². The molecule has 0 saturated heterocycles. The van der Waals surface area contributed by atoms with Crippen LogP contribution in [0.1, 0.15) is 53.9 Å². The van der Waals surface area contributed by atoms with E-state index >= 15 is 0 Å². The third-order valence-corrected chi connectivity index (χ3v) is 6.17. The molecule has 1 unspecified atom stereocenters. The largest absolute Gasteiger partial charge is 0.394 e. The van der Waals surface area contributed by atoms with E-state index in [1.807, 2.05) is 6.07 Å². The van der Waals surface area contributed by atoms with Gasteiger partial charge in [-0.3, -0.25) is 0 Å². The van der Waals surface area contributed by atoms with Gasteiger partial charge in [0.05, 0.1) is 19.3 Å². The standard InChI is InChI=1S/C23H29NO2/c24-23(16-25)11-10-21(14-23)19-6-7-20-13-22(9-8-18(20)12-19)26-15-17-4-2-1-3-5-17/h1-7,12,21-22,25H,8-11,13-16,24H2/t21-,22?,23+/m0/s1. The number of fused-ring (bicyclic) bond motifs is 1. The lowest BCUT2D eigenvalue weighted by atomic mass is 9.85. The minimum Gasteiger partial charge on any atom is -0.394 e. The first-order valence-electron chi connectivity index (χ1n) is 9.82. The third kappa shape index (κ3) is 3.85. The number of benzene rings is 2. The Kier molecular flexibility index (Phi) is 5.12. The lowest BCUT2D eigenvalue weighted by Gasteiger charge is -2.26. The maximum atomic E-state index is 9.51. The first-order chi connectivity index (χ1) is 12.6. The van der Waals surface area contributed by atoms with Gasteiger partial charge in [-0.25, -0.2) is 0 Å². The molecule has 0 aromatic heterocycles. The second kappa shape index (κ2) is 7.51. The summed E-state index contributed by atoms with van der Waals surface area (Å²) in [6, 6.07) is 17.3. The topological polar surface area (TPSA) is 55.5 Å². The predicted molar refractivity (Wildman–Crippen MR) is 104 cm³/mol. The Bertz CT molecular complexity index is 745. The molecule has 0 spiro atoms. The number of nitrogens with two attached hydrogens (primary N) is 1. The summed E-state index contributed by atoms with van der Waals surface area (Å²) in [5, 5.41) is 9.51. The molecule has 0 amide bonds. The van der Waals surface area contributed by atoms with Crippen LogP contribution in [0.15, 0.2) is 48.5 Å². The van der Waals surface area contributed by atoms with Gasteiger partial charge in [0.15, 0.2) is 0 Å². The Labute approximate surface area is 156 Å². The Morgan fingerprint density at radius 1 is 1.08 bits per heavy atom. The van der Waals surface area contributed by atoms with Crippen LogP contribution < -0.4 is 5.73 Å². The van der Waals surface area contributed by atoms with Crippen molar-refractivity contribution in [2.45, 2.75) is 62.7 Å². The van der Waals surface area contributed by atoms with Crippen LogP contribution in [-0.4, -0.2) is 23.4 Å². The Morgan fingerprint density at radius 2 is 1.92 bits per heavy atom. The van der Waals surface area contributed by atoms with E-state index < -0.39 is 0 Å². The quantitative estimate of drug-likeness (QED) is 0.863. The lowest BCUT2D eigenvalue weighted by molar-refractivity contribution is 0.0319. The molecule has 2 aromatic carbocycles. The van der Waals surface area contributed by atoms with Crippen molar-refractivity contribution in [3.8, 4) is 0 Å². The van der Waals surface area contributed by atoms with E-state index in [1.165, 1.54) is 22.3 Å². The van der Waals surface area contributed by atoms with Gasteiger partial charge in [-0.2, -0.15) is 0 Å². The van der Waals surface area contributed by atoms with Gasteiger partial charge in [0, 0.05) is 5.54 Å². The molecule has 1 fully saturated rings. The van der Waals surface area contributed by atoms with Crippen LogP contribution in [0.25, 0.3) is 0 Å². The summed E-state index contributed by atoms with van der Waals surface area (Å²) >= 11 is 0. The number of ether oxygens (including phenoxy) is 1. The Morgan fingerprint density at radius 3 is 2.69 bits per heavy atom. The monoisotopic (exact) mass is 351 g/mol. The van der Waals surface area contributed by atoms with E-state index in [4.69, 9.17) is 10.5 Å². The van der Waals surface area contributed by atoms with Gasteiger partial charge < -0.3 is 15.6 Å². The number of hydrogen-bond donors (Lipinski definition) is 2. The number of hydrogen-bond acceptors (Lipinski definition) is 3. The third-order valence-electron chi connectivity index (χ3n) is 6.17. The molecule has 4 rings (SSSR count). The van der Waals surface area contributed by atoms with Crippen LogP contribution in [0, 0.1) is 0 Å². The molecule has 0 bridgehead atoms. The van der Waals surface area contributed by atoms with Crippen LogP contribution in [0.4, 0.5) is 0 Å². The molecule has 138 valence electrons. The summed E-state index contributed by atoms with van der Waals surface area (Å²) in [5.74, 6) is 0.490. The highest BCUT2D eigenvalue weighted by atomic mass is 16.5. The molecular weight excluding hydrogens is 322 g/mol. The van der Waals surface area contributed by atoms with Crippen LogP contribution in [0.3, 0.4) is 0 Å². The molecule has 0 heterocycles. The maximum absolute atomic E-state index is 9.51. The Hall–Kier alpha value is -1.68. The fraction of sp³-hybridized carbons (Fsp3) is 0.478. The fourth-order valence-corrected chi connectivity index (χ4v) is 4.51. The second-order valence-corrected chi connectivity index (χ2v) is 8.15. The summed E-state index contributed by atoms with van der Waals surface area (Å²) < 4.78 is 6.15. The van der Waals surface area contributed by atoms with Crippen molar-refractivity contribution in [1.29, 1.82) is 0 Å². The van der Waals surface area contributed by atoms with Crippen LogP contribution in [-0.2, 0) is 24.2 Å². The fourth-order valence-electron chi connectivity index (χ4n) is 4.51. The van der Waals surface area contributed by atoms with E-state index in [0.717, 1.165) is 38.5 Å². The molecule has 2 aliphatic carbocycles. The highest BCUT2D eigenvalue weighted by Crippen LogP contribution is 2.40. The Balaban J connectivity index is 1.38. The summed E-state index contributed by atoms with van der Waals surface area (Å²) in [5.41, 5.74) is 11.4. The molecule has 0 aliphatic heterocycles. The van der Waals surface area contributed by atoms with E-state index in [9.17, 15) is 5.11 Å². The van der Waals surface area contributed by atoms with Crippen molar-refractivity contribution in [3.05, 3.63) is 70.8 Å². The van der Waals surface area contributed by atoms with Gasteiger partial charge in [0.2, 0.25) is 0 Å². The lowest BCUT2D eigenvalue weighted by Crippen LogP contribution is -2.40. The minimum absolute atomic E-state index is 0.0921. The molecule has 2 aliphatic rings. The molecule has 3 nitrogen and oxygen atoms in total. The van der Waals surface area contributed by atoms with Crippen molar-refractivity contribution >= 4 is 0 Å². The number of aryl methyl sites for hydroxylation is 1. The molecule has 3 heteroatoms. The molecule has 1 saturated carbocycles. The van der Waals surface area contributed by atoms with E-state index in [-0.39, 0.29) is 12.1 Å². The minimum atomic E-state index is -0.378. The average molecular weight is 351 g/mol. The maximum Gasteiger partial charge on any atom is 0.0720 e. The first-order valence-corrected chi connectivity index (χ1v) is 9.82. The van der Waals surface area contributed by atoms with Gasteiger partial charge in [0.1, 0.15) is 0 Å². The summed E-state index contributed by atoms with van der Waals surface area (Å²) in [4.78, 5) is 0. The van der Waals surface area contributed by atoms with Crippen molar-refractivity contribution in [2.75, 3.05) is 6.61 Å². The first kappa shape index (κ1) is 17.7. The van der Waals surface area contributed by atoms with Gasteiger partial charge in [-0.05, 0) is 66.7 Å². The van der Waals surface area contributed by atoms with Gasteiger partial charge in [-0.15, -0.1) is 0 Å². The van der Waals surface area contributed by atoms with E-state index in [1.54, 1.807) is 0 Å². The van der Waals surface area contributed by atoms with E-state index in [2.05, 4.69) is 42.5 Å². The van der Waals surface area contributed by atoms with Crippen molar-refractivity contribution in [2.24, 2.45) is 5.73 Å². The normalized spacial score (nSPS) is 28.1. The zero-order chi connectivity index (χ0) is 18.0. The predicted octanol–water partition coefficient (Wildman–Crippen LogP) is 3.72. The number of rotatable bonds is 5. The molecular formula is C23H29NO2. The average Bonchev–Trinajstić information content (AvgIpc) is 3.09. The number of aliphatic hydroxyl groups excluding tert-OH is 1. The van der Waals surface area contributed by atoms with Gasteiger partial charge in [-0.1, -0.05) is 48.5 Å². The summed E-state index contributed by atoms with van der Waals surface area (Å²) in [6.45, 7) is 0.787. The van der Waals surface area contributed by atoms with E-state index in [0.29, 0.717) is 18.6 Å². The summed E-state index contributed by atoms with van der Waals surface area (Å²) in [7, 11) is 0. The van der Waals surface area contributed by atoms with Crippen LogP contribution >= 0.6 is 0 Å². The van der Waals surface area contributed by atoms with Crippen molar-refractivity contribution in [1.82, 2.24) is 0 Å². The highest BCUT2D eigenvalue weighted by Gasteiger charge is 2.36. The van der Waals surface area contributed by atoms with Crippen molar-refractivity contribution < 1.29 is 9.84 Å². The second-order valence-electron chi connectivity index (χ2n) is 8.15. The van der Waals surface area contributed by atoms with Crippen molar-refractivity contribution in [3.63, 3.8) is 0 Å². The zero-order valence-corrected chi connectivity index (χ0v) is 15.4. The molecule has 2 aromatic rings. The van der Waals surface area contributed by atoms with Gasteiger partial charge in [0.25, 0.3) is 0 Å². The smallest absolute Gasteiger partial charge is 0.0720 e. The highest BCUT2D eigenvalue weighted by molar-refractivity contribution is 5.37. The number of aliphatic hydroxyl groups is 1. The molecule has 3 atom stereocenters. The molecule has 3 N–H and O–H groups in total.